The van der Waals surface area contributed by atoms with Crippen LogP contribution in [-0.2, 0) is 17.6 Å². The van der Waals surface area contributed by atoms with Crippen molar-refractivity contribution in [2.24, 2.45) is 5.73 Å². The van der Waals surface area contributed by atoms with Crippen LogP contribution in [0.3, 0.4) is 0 Å². The lowest BCUT2D eigenvalue weighted by Gasteiger charge is -2.21. The number of hydrogen-bond acceptors (Lipinski definition) is 6. The van der Waals surface area contributed by atoms with Crippen molar-refractivity contribution >= 4 is 57.5 Å². The van der Waals surface area contributed by atoms with Crippen LogP contribution in [0.25, 0.3) is 10.2 Å². The molecule has 1 heterocycles. The van der Waals surface area contributed by atoms with Crippen molar-refractivity contribution in [2.45, 2.75) is 19.3 Å². The molecule has 0 radical (unpaired) electrons. The Labute approximate surface area is 218 Å². The number of carbonyl (C=O) groups excluding carboxylic acids is 1. The largest absolute Gasteiger partial charge is 0.481 e. The van der Waals surface area contributed by atoms with Crippen molar-refractivity contribution in [2.75, 3.05) is 11.4 Å². The molecule has 1 amide bonds. The van der Waals surface area contributed by atoms with Gasteiger partial charge in [0, 0.05) is 30.3 Å². The van der Waals surface area contributed by atoms with E-state index in [0.29, 0.717) is 17.0 Å². The van der Waals surface area contributed by atoms with E-state index < -0.39 is 12.1 Å². The first-order valence-electron chi connectivity index (χ1n) is 11.0. The summed E-state index contributed by atoms with van der Waals surface area (Å²) in [6, 6.07) is 21.7. The molecule has 0 aliphatic heterocycles. The van der Waals surface area contributed by atoms with Crippen molar-refractivity contribution in [3.05, 3.63) is 88.9 Å². The summed E-state index contributed by atoms with van der Waals surface area (Å²) in [6.45, 7) is -0.00529. The SMILES string of the molecule is Cl.N=C(N)c1ccc(CCc2nc3cc(OC(=O)N(CCC(=O)O)c4ccccc4)ccc3s2)cc1. The van der Waals surface area contributed by atoms with Gasteiger partial charge in [0.15, 0.2) is 0 Å². The van der Waals surface area contributed by atoms with Crippen molar-refractivity contribution in [1.82, 2.24) is 4.98 Å². The highest BCUT2D eigenvalue weighted by atomic mass is 35.5. The third kappa shape index (κ3) is 6.80. The summed E-state index contributed by atoms with van der Waals surface area (Å²) in [4.78, 5) is 29.9. The van der Waals surface area contributed by atoms with Crippen LogP contribution in [0.15, 0.2) is 72.8 Å². The number of anilines is 1. The third-order valence-electron chi connectivity index (χ3n) is 5.34. The van der Waals surface area contributed by atoms with Crippen LogP contribution in [-0.4, -0.2) is 34.5 Å². The number of carboxylic acid groups (broad SMARTS) is 1. The number of nitrogens with one attached hydrogen (secondary N) is 1. The molecule has 0 saturated carbocycles. The lowest BCUT2D eigenvalue weighted by molar-refractivity contribution is -0.136. The highest BCUT2D eigenvalue weighted by molar-refractivity contribution is 7.18. The van der Waals surface area contributed by atoms with Gasteiger partial charge < -0.3 is 15.6 Å². The zero-order valence-electron chi connectivity index (χ0n) is 19.2. The molecule has 0 spiro atoms. The molecule has 4 aromatic rings. The van der Waals surface area contributed by atoms with Gasteiger partial charge in [0.1, 0.15) is 11.6 Å². The number of carboxylic acids is 1. The summed E-state index contributed by atoms with van der Waals surface area (Å²) < 4.78 is 6.56. The van der Waals surface area contributed by atoms with Crippen molar-refractivity contribution in [1.29, 1.82) is 5.41 Å². The topological polar surface area (TPSA) is 130 Å². The number of amidine groups is 1. The van der Waals surface area contributed by atoms with Crippen LogP contribution in [0, 0.1) is 5.41 Å². The molecule has 10 heteroatoms. The number of aliphatic carboxylic acids is 1. The van der Waals surface area contributed by atoms with Gasteiger partial charge in [-0.05, 0) is 36.2 Å². The summed E-state index contributed by atoms with van der Waals surface area (Å²) in [5.74, 6) is -0.603. The first-order valence-corrected chi connectivity index (χ1v) is 11.8. The van der Waals surface area contributed by atoms with Crippen molar-refractivity contribution < 1.29 is 19.4 Å². The number of aryl methyl sites for hydroxylation is 2. The van der Waals surface area contributed by atoms with E-state index in [-0.39, 0.29) is 31.2 Å². The smallest absolute Gasteiger partial charge is 0.419 e. The summed E-state index contributed by atoms with van der Waals surface area (Å²) in [5, 5.41) is 17.5. The average molecular weight is 525 g/mol. The predicted octanol–water partition coefficient (Wildman–Crippen LogP) is 5.27. The van der Waals surface area contributed by atoms with Crippen molar-refractivity contribution in [3.8, 4) is 5.75 Å². The second kappa shape index (κ2) is 12.1. The minimum atomic E-state index is -0.995. The van der Waals surface area contributed by atoms with Gasteiger partial charge in [-0.1, -0.05) is 42.5 Å². The molecule has 8 nitrogen and oxygen atoms in total. The monoisotopic (exact) mass is 524 g/mol. The Hall–Kier alpha value is -3.95. The van der Waals surface area contributed by atoms with Crippen LogP contribution in [0.5, 0.6) is 5.75 Å². The fraction of sp³-hybridized carbons (Fsp3) is 0.154. The number of carbonyl (C=O) groups is 2. The average Bonchev–Trinajstić information content (AvgIpc) is 3.26. The summed E-state index contributed by atoms with van der Waals surface area (Å²) in [5.41, 5.74) is 8.63. The Morgan fingerprint density at radius 3 is 2.42 bits per heavy atom. The van der Waals surface area contributed by atoms with E-state index in [4.69, 9.17) is 21.0 Å². The fourth-order valence-corrected chi connectivity index (χ4v) is 4.47. The number of aromatic nitrogens is 1. The number of para-hydroxylation sites is 1. The quantitative estimate of drug-likeness (QED) is 0.202. The van der Waals surface area contributed by atoms with Gasteiger partial charge >= 0.3 is 12.1 Å². The van der Waals surface area contributed by atoms with Gasteiger partial charge in [0.05, 0.1) is 21.6 Å². The van der Waals surface area contributed by atoms with Gasteiger partial charge in [0.25, 0.3) is 0 Å². The first-order chi connectivity index (χ1) is 16.9. The van der Waals surface area contributed by atoms with Crippen molar-refractivity contribution in [3.63, 3.8) is 0 Å². The van der Waals surface area contributed by atoms with E-state index in [9.17, 15) is 9.59 Å². The predicted molar refractivity (Wildman–Crippen MR) is 144 cm³/mol. The number of nitrogen functional groups attached to an aromatic ring is 1. The molecule has 0 aliphatic carbocycles. The second-order valence-corrected chi connectivity index (χ2v) is 8.96. The van der Waals surface area contributed by atoms with Gasteiger partial charge in [-0.2, -0.15) is 0 Å². The van der Waals surface area contributed by atoms with Gasteiger partial charge in [-0.25, -0.2) is 9.78 Å². The van der Waals surface area contributed by atoms with Crippen LogP contribution in [0.4, 0.5) is 10.5 Å². The molecule has 0 atom stereocenters. The number of rotatable bonds is 9. The van der Waals surface area contributed by atoms with E-state index in [1.807, 2.05) is 36.4 Å². The maximum absolute atomic E-state index is 12.9. The van der Waals surface area contributed by atoms with Crippen LogP contribution < -0.4 is 15.4 Å². The summed E-state index contributed by atoms with van der Waals surface area (Å²) in [6.07, 6.45) is 0.706. The van der Waals surface area contributed by atoms with E-state index in [2.05, 4.69) is 4.98 Å². The number of nitrogens with zero attached hydrogens (tertiary/aromatic N) is 2. The number of hydrogen-bond donors (Lipinski definition) is 3. The standard InChI is InChI=1S/C26H24N4O4S.ClH/c27-25(28)18-9-6-17(7-10-18)8-13-23-29-21-16-20(11-12-22(21)35-23)34-26(33)30(15-14-24(31)32)19-4-2-1-3-5-19;/h1-7,9-12,16H,8,13-15H2,(H3,27,28)(H,31,32);1H. The molecule has 0 saturated heterocycles. The van der Waals surface area contributed by atoms with Crippen LogP contribution in [0.1, 0.15) is 22.6 Å². The number of benzene rings is 3. The van der Waals surface area contributed by atoms with E-state index in [1.54, 1.807) is 47.7 Å². The molecule has 3 aromatic carbocycles. The van der Waals surface area contributed by atoms with Crippen LogP contribution in [0.2, 0.25) is 0 Å². The molecule has 36 heavy (non-hydrogen) atoms. The Morgan fingerprint density at radius 2 is 1.75 bits per heavy atom. The second-order valence-electron chi connectivity index (χ2n) is 7.85. The Kier molecular flexibility index (Phi) is 8.99. The van der Waals surface area contributed by atoms with Gasteiger partial charge in [-0.3, -0.25) is 15.1 Å². The normalized spacial score (nSPS) is 10.4. The number of ether oxygens (including phenoxy) is 1. The maximum atomic E-state index is 12.9. The number of thiazole rings is 1. The lowest BCUT2D eigenvalue weighted by Crippen LogP contribution is -2.35. The third-order valence-corrected chi connectivity index (χ3v) is 6.43. The maximum Gasteiger partial charge on any atom is 0.419 e. The molecule has 0 bridgehead atoms. The molecule has 0 fully saturated rings. The number of nitrogens with two attached hydrogens (primary N) is 1. The Balaban J connectivity index is 0.00000361. The van der Waals surface area contributed by atoms with Gasteiger partial charge in [-0.15, -0.1) is 23.7 Å². The lowest BCUT2D eigenvalue weighted by atomic mass is 10.1. The molecule has 0 unspecified atom stereocenters. The highest BCUT2D eigenvalue weighted by Crippen LogP contribution is 2.28. The van der Waals surface area contributed by atoms with E-state index in [1.165, 1.54) is 4.90 Å². The zero-order valence-corrected chi connectivity index (χ0v) is 20.8. The van der Waals surface area contributed by atoms with E-state index >= 15 is 0 Å². The molecule has 4 N–H and O–H groups in total. The first kappa shape index (κ1) is 26.7. The minimum Gasteiger partial charge on any atom is -0.481 e. The minimum absolute atomic E-state index is 0. The summed E-state index contributed by atoms with van der Waals surface area (Å²) >= 11 is 1.59. The molecule has 186 valence electrons. The Bertz CT molecular complexity index is 1360. The highest BCUT2D eigenvalue weighted by Gasteiger charge is 2.19. The number of amides is 1. The number of fused-ring (bicyclic) bond motifs is 1. The molecule has 1 aromatic heterocycles. The summed E-state index contributed by atoms with van der Waals surface area (Å²) in [7, 11) is 0. The molecular weight excluding hydrogens is 500 g/mol. The Morgan fingerprint density at radius 1 is 1.03 bits per heavy atom. The molecule has 0 aliphatic rings. The number of halogens is 1. The molecule has 4 rings (SSSR count). The zero-order chi connectivity index (χ0) is 24.8. The van der Waals surface area contributed by atoms with E-state index in [0.717, 1.165) is 33.6 Å². The van der Waals surface area contributed by atoms with Crippen LogP contribution >= 0.6 is 23.7 Å². The fourth-order valence-electron chi connectivity index (χ4n) is 3.52. The van der Waals surface area contributed by atoms with Gasteiger partial charge in [0.2, 0.25) is 0 Å². The molecular formula is C26H25ClN4O4S.